The molecule has 0 spiro atoms. The topological polar surface area (TPSA) is 46.2 Å². The van der Waals surface area contributed by atoms with Crippen molar-refractivity contribution in [3.8, 4) is 0 Å². The van der Waals surface area contributed by atoms with Gasteiger partial charge in [-0.15, -0.1) is 0 Å². The zero-order valence-corrected chi connectivity index (χ0v) is 5.55. The first kappa shape index (κ1) is 8.43. The van der Waals surface area contributed by atoms with Gasteiger partial charge in [0.2, 0.25) is 0 Å². The van der Waals surface area contributed by atoms with Gasteiger partial charge in [-0.1, -0.05) is 6.92 Å². The first-order valence-electron chi connectivity index (χ1n) is 3.05. The highest BCUT2D eigenvalue weighted by atomic mass is 16.5. The second-order valence-corrected chi connectivity index (χ2v) is 1.73. The van der Waals surface area contributed by atoms with E-state index in [-0.39, 0.29) is 13.0 Å². The molecule has 0 aliphatic carbocycles. The molecule has 0 aromatic heterocycles. The van der Waals surface area contributed by atoms with Crippen LogP contribution in [-0.4, -0.2) is 19.2 Å². The highest BCUT2D eigenvalue weighted by Crippen LogP contribution is 1.84. The number of hydrogen-bond acceptors (Lipinski definition) is 2. The summed E-state index contributed by atoms with van der Waals surface area (Å²) in [7, 11) is 0. The van der Waals surface area contributed by atoms with Gasteiger partial charge in [-0.25, -0.2) is 9.90 Å². The Bertz CT molecular complexity index is 80.4. The van der Waals surface area contributed by atoms with E-state index in [4.69, 9.17) is 4.74 Å². The summed E-state index contributed by atoms with van der Waals surface area (Å²) in [6, 6.07) is 0. The van der Waals surface area contributed by atoms with Gasteiger partial charge in [0.1, 0.15) is 0 Å². The third kappa shape index (κ3) is 7.43. The Labute approximate surface area is 54.6 Å². The van der Waals surface area contributed by atoms with Crippen molar-refractivity contribution in [2.24, 2.45) is 0 Å². The predicted octanol–water partition coefficient (Wildman–Crippen LogP) is 0.760. The van der Waals surface area contributed by atoms with E-state index in [0.717, 1.165) is 6.42 Å². The second-order valence-electron chi connectivity index (χ2n) is 1.73. The molecule has 0 N–H and O–H groups in total. The molecule has 0 aliphatic heterocycles. The maximum absolute atomic E-state index is 9.77. The van der Waals surface area contributed by atoms with Crippen LogP contribution in [0.5, 0.6) is 0 Å². The number of carbonyl (C=O) groups is 1. The molecular formula is C6H11O3. The van der Waals surface area contributed by atoms with Gasteiger partial charge in [-0.3, -0.25) is 0 Å². The lowest BCUT2D eigenvalue weighted by Gasteiger charge is -1.95. The number of ether oxygens (including phenoxy) is 1. The predicted molar refractivity (Wildman–Crippen MR) is 31.4 cm³/mol. The average molecular weight is 131 g/mol. The van der Waals surface area contributed by atoms with Crippen molar-refractivity contribution in [3.05, 3.63) is 0 Å². The minimum absolute atomic E-state index is 0. The Kier molecular flexibility index (Phi) is 5.21. The van der Waals surface area contributed by atoms with E-state index in [2.05, 4.69) is 0 Å². The van der Waals surface area contributed by atoms with Crippen molar-refractivity contribution in [1.82, 2.24) is 0 Å². The van der Waals surface area contributed by atoms with Crippen LogP contribution in [0.25, 0.3) is 0 Å². The van der Waals surface area contributed by atoms with Crippen LogP contribution in [0.2, 0.25) is 0 Å². The minimum atomic E-state index is -1.05. The normalized spacial score (nSPS) is 9.44. The van der Waals surface area contributed by atoms with Gasteiger partial charge in [0.05, 0.1) is 13.0 Å². The van der Waals surface area contributed by atoms with Crippen LogP contribution < -0.4 is 0 Å². The molecule has 9 heavy (non-hydrogen) atoms. The summed E-state index contributed by atoms with van der Waals surface area (Å²) in [5.41, 5.74) is 0. The summed E-state index contributed by atoms with van der Waals surface area (Å²) in [4.78, 5) is 9.77. The van der Waals surface area contributed by atoms with Gasteiger partial charge in [0.25, 0.3) is 0 Å². The minimum Gasteiger partial charge on any atom is -0.381 e. The average Bonchev–Trinajstić information content (AvgIpc) is 1.80. The summed E-state index contributed by atoms with van der Waals surface area (Å²) in [5.74, 6) is -1.05. The van der Waals surface area contributed by atoms with Crippen molar-refractivity contribution in [2.45, 2.75) is 19.8 Å². The fourth-order valence-electron chi connectivity index (χ4n) is 0.402. The standard InChI is InChI=1S/C6H11O3/c1-2-4-9-5-3-6(7)8/h2-5H2,1H3. The molecule has 0 atom stereocenters. The van der Waals surface area contributed by atoms with Crippen LogP contribution in [0.1, 0.15) is 19.8 Å². The van der Waals surface area contributed by atoms with Crippen LogP contribution in [0.15, 0.2) is 0 Å². The van der Waals surface area contributed by atoms with Crippen molar-refractivity contribution in [1.29, 1.82) is 0 Å². The molecule has 0 aromatic carbocycles. The Balaban J connectivity index is 2.83. The quantitative estimate of drug-likeness (QED) is 0.517. The van der Waals surface area contributed by atoms with Crippen molar-refractivity contribution >= 4 is 5.97 Å². The third-order valence-corrected chi connectivity index (χ3v) is 0.799. The van der Waals surface area contributed by atoms with Crippen molar-refractivity contribution < 1.29 is 14.6 Å². The maximum atomic E-state index is 9.77. The van der Waals surface area contributed by atoms with E-state index in [0.29, 0.717) is 6.61 Å². The van der Waals surface area contributed by atoms with Gasteiger partial charge < -0.3 is 4.74 Å². The molecular weight excluding hydrogens is 120 g/mol. The van der Waals surface area contributed by atoms with Crippen LogP contribution in [0.4, 0.5) is 0 Å². The molecule has 3 nitrogen and oxygen atoms in total. The molecule has 0 aromatic rings. The van der Waals surface area contributed by atoms with Crippen LogP contribution in [0.3, 0.4) is 0 Å². The van der Waals surface area contributed by atoms with E-state index in [1.165, 1.54) is 0 Å². The van der Waals surface area contributed by atoms with E-state index < -0.39 is 5.97 Å². The molecule has 0 unspecified atom stereocenters. The first-order chi connectivity index (χ1) is 4.27. The molecule has 0 rings (SSSR count). The molecule has 0 heterocycles. The highest BCUT2D eigenvalue weighted by molar-refractivity contribution is 5.66. The Morgan fingerprint density at radius 2 is 2.11 bits per heavy atom. The number of carbonyl (C=O) groups excluding carboxylic acids is 1. The van der Waals surface area contributed by atoms with E-state index >= 15 is 0 Å². The molecule has 0 amide bonds. The summed E-state index contributed by atoms with van der Waals surface area (Å²) in [6.07, 6.45) is 0.924. The van der Waals surface area contributed by atoms with Crippen LogP contribution >= 0.6 is 0 Å². The van der Waals surface area contributed by atoms with Gasteiger partial charge in [0.15, 0.2) is 0 Å². The van der Waals surface area contributed by atoms with Gasteiger partial charge in [0, 0.05) is 6.61 Å². The largest absolute Gasteiger partial charge is 0.381 e. The zero-order chi connectivity index (χ0) is 7.11. The summed E-state index contributed by atoms with van der Waals surface area (Å²) in [6.45, 7) is 2.88. The van der Waals surface area contributed by atoms with Crippen molar-refractivity contribution in [2.75, 3.05) is 13.2 Å². The highest BCUT2D eigenvalue weighted by Gasteiger charge is 1.96. The molecule has 0 saturated carbocycles. The fourth-order valence-corrected chi connectivity index (χ4v) is 0.402. The third-order valence-electron chi connectivity index (χ3n) is 0.799. The van der Waals surface area contributed by atoms with Gasteiger partial charge in [-0.05, 0) is 6.42 Å². The number of hydrogen-bond donors (Lipinski definition) is 0. The Hall–Kier alpha value is -0.570. The van der Waals surface area contributed by atoms with E-state index in [1.54, 1.807) is 0 Å². The van der Waals surface area contributed by atoms with Crippen LogP contribution in [-0.2, 0) is 14.6 Å². The number of rotatable bonds is 5. The molecule has 53 valence electrons. The molecule has 0 bridgehead atoms. The summed E-state index contributed by atoms with van der Waals surface area (Å²) in [5, 5.41) is 9.77. The van der Waals surface area contributed by atoms with Gasteiger partial charge in [-0.2, -0.15) is 0 Å². The van der Waals surface area contributed by atoms with Crippen LogP contribution in [0, 0.1) is 0 Å². The van der Waals surface area contributed by atoms with E-state index in [9.17, 15) is 9.90 Å². The van der Waals surface area contributed by atoms with Crippen molar-refractivity contribution in [3.63, 3.8) is 0 Å². The maximum Gasteiger partial charge on any atom is 0.357 e. The Morgan fingerprint density at radius 1 is 1.44 bits per heavy atom. The fraction of sp³-hybridized carbons (Fsp3) is 0.833. The summed E-state index contributed by atoms with van der Waals surface area (Å²) >= 11 is 0. The lowest BCUT2D eigenvalue weighted by atomic mass is 10.5. The van der Waals surface area contributed by atoms with E-state index in [1.807, 2.05) is 6.92 Å². The Morgan fingerprint density at radius 3 is 2.56 bits per heavy atom. The smallest absolute Gasteiger partial charge is 0.357 e. The molecule has 0 fully saturated rings. The molecule has 1 radical (unpaired) electrons. The SMILES string of the molecule is CCCOCCC([O])=O. The zero-order valence-electron chi connectivity index (χ0n) is 5.55. The first-order valence-corrected chi connectivity index (χ1v) is 3.05. The monoisotopic (exact) mass is 131 g/mol. The lowest BCUT2D eigenvalue weighted by molar-refractivity contribution is -0.144. The molecule has 0 aliphatic rings. The lowest BCUT2D eigenvalue weighted by Crippen LogP contribution is -2.01. The molecule has 3 heteroatoms. The summed E-state index contributed by atoms with van der Waals surface area (Å²) < 4.78 is 4.87. The molecule has 0 saturated heterocycles. The van der Waals surface area contributed by atoms with Gasteiger partial charge >= 0.3 is 5.97 Å². The second kappa shape index (κ2) is 5.56.